The number of halogens is 1. The van der Waals surface area contributed by atoms with Gasteiger partial charge in [0.2, 0.25) is 0 Å². The average Bonchev–Trinajstić information content (AvgIpc) is 2.84. The summed E-state index contributed by atoms with van der Waals surface area (Å²) in [7, 11) is 0. The third-order valence-electron chi connectivity index (χ3n) is 6.45. The first kappa shape index (κ1) is 22.9. The van der Waals surface area contributed by atoms with Crippen LogP contribution in [-0.2, 0) is 17.8 Å². The molecule has 0 radical (unpaired) electrons. The van der Waals surface area contributed by atoms with E-state index in [0.717, 1.165) is 11.3 Å². The number of aromatic nitrogens is 5. The molecule has 0 amide bonds. The van der Waals surface area contributed by atoms with Gasteiger partial charge in [-0.15, -0.1) is 4.31 Å². The Hall–Kier alpha value is -2.89. The zero-order valence-electron chi connectivity index (χ0n) is 19.4. The van der Waals surface area contributed by atoms with Crippen molar-refractivity contribution >= 4 is 23.0 Å². The van der Waals surface area contributed by atoms with E-state index in [0.29, 0.717) is 55.9 Å². The minimum Gasteiger partial charge on any atom is -0.598 e. The SMILES string of the molecule is CC1c2cnc(-c3ncccn3)nc2CCN1c1cc(F)cc(N2CCN([S+](C)[O-])C(C)C2)n1. The van der Waals surface area contributed by atoms with Crippen molar-refractivity contribution in [2.75, 3.05) is 42.2 Å². The monoisotopic (exact) mass is 482 g/mol. The van der Waals surface area contributed by atoms with Gasteiger partial charge in [0, 0.05) is 73.7 Å². The summed E-state index contributed by atoms with van der Waals surface area (Å²) < 4.78 is 28.6. The van der Waals surface area contributed by atoms with E-state index in [2.05, 4.69) is 31.7 Å². The molecule has 0 saturated carbocycles. The second kappa shape index (κ2) is 9.40. The quantitative estimate of drug-likeness (QED) is 0.519. The fraction of sp³-hybridized carbons (Fsp3) is 0.435. The van der Waals surface area contributed by atoms with Gasteiger partial charge >= 0.3 is 0 Å². The van der Waals surface area contributed by atoms with E-state index in [1.165, 1.54) is 12.1 Å². The van der Waals surface area contributed by atoms with Crippen LogP contribution in [0.5, 0.6) is 0 Å². The molecule has 0 aliphatic carbocycles. The van der Waals surface area contributed by atoms with Gasteiger partial charge in [-0.25, -0.2) is 29.3 Å². The lowest BCUT2D eigenvalue weighted by molar-refractivity contribution is 0.307. The molecule has 2 aliphatic rings. The molecule has 0 aromatic carbocycles. The predicted octanol–water partition coefficient (Wildman–Crippen LogP) is 2.40. The lowest BCUT2D eigenvalue weighted by Crippen LogP contribution is -2.54. The number of nitrogens with zero attached hydrogens (tertiary/aromatic N) is 8. The third-order valence-corrected chi connectivity index (χ3v) is 7.65. The molecule has 3 aromatic rings. The topological polar surface area (TPSA) is 97.2 Å². The highest BCUT2D eigenvalue weighted by atomic mass is 32.2. The third kappa shape index (κ3) is 4.42. The molecular weight excluding hydrogens is 455 g/mol. The molecule has 3 atom stereocenters. The van der Waals surface area contributed by atoms with E-state index in [9.17, 15) is 8.94 Å². The molecule has 9 nitrogen and oxygen atoms in total. The van der Waals surface area contributed by atoms with Gasteiger partial charge in [0.1, 0.15) is 23.7 Å². The molecule has 2 aliphatic heterocycles. The smallest absolute Gasteiger partial charge is 0.197 e. The highest BCUT2D eigenvalue weighted by Gasteiger charge is 2.32. The van der Waals surface area contributed by atoms with Crippen molar-refractivity contribution in [3.63, 3.8) is 0 Å². The molecule has 11 heteroatoms. The van der Waals surface area contributed by atoms with Gasteiger partial charge in [-0.05, 0) is 19.9 Å². The molecular formula is C23H27FN8OS. The summed E-state index contributed by atoms with van der Waals surface area (Å²) >= 11 is -1.02. The Morgan fingerprint density at radius 3 is 2.50 bits per heavy atom. The lowest BCUT2D eigenvalue weighted by atomic mass is 9.99. The number of hydrogen-bond donors (Lipinski definition) is 0. The summed E-state index contributed by atoms with van der Waals surface area (Å²) in [5, 5.41) is 0. The van der Waals surface area contributed by atoms with Crippen LogP contribution >= 0.6 is 0 Å². The second-order valence-electron chi connectivity index (χ2n) is 8.65. The summed E-state index contributed by atoms with van der Waals surface area (Å²) in [5.41, 5.74) is 1.95. The van der Waals surface area contributed by atoms with Crippen LogP contribution in [0.15, 0.2) is 36.8 Å². The maximum absolute atomic E-state index is 14.7. The maximum atomic E-state index is 14.7. The number of rotatable bonds is 4. The standard InChI is InChI=1S/C23H27FN8OS/c1-15-14-30(9-10-32(15)34(3)33)20-11-17(24)12-21(29-20)31-8-5-19-18(16(31)2)13-27-23(28-19)22-25-6-4-7-26-22/h4,6-7,11-13,15-16H,5,8-10,14H2,1-3H3. The molecule has 0 N–H and O–H groups in total. The molecule has 5 rings (SSSR count). The van der Waals surface area contributed by atoms with E-state index in [-0.39, 0.29) is 17.9 Å². The Morgan fingerprint density at radius 1 is 1.00 bits per heavy atom. The van der Waals surface area contributed by atoms with Crippen molar-refractivity contribution in [2.24, 2.45) is 0 Å². The molecule has 5 heterocycles. The van der Waals surface area contributed by atoms with Crippen molar-refractivity contribution in [1.29, 1.82) is 0 Å². The molecule has 0 bridgehead atoms. The van der Waals surface area contributed by atoms with Crippen molar-refractivity contribution in [3.8, 4) is 11.6 Å². The van der Waals surface area contributed by atoms with E-state index in [1.54, 1.807) is 24.7 Å². The lowest BCUT2D eigenvalue weighted by Gasteiger charge is -2.39. The Bertz CT molecular complexity index is 1170. The largest absolute Gasteiger partial charge is 0.598 e. The fourth-order valence-corrected chi connectivity index (χ4v) is 5.62. The van der Waals surface area contributed by atoms with Crippen LogP contribution in [-0.4, -0.2) is 72.3 Å². The summed E-state index contributed by atoms with van der Waals surface area (Å²) in [6.07, 6.45) is 7.54. The fourth-order valence-electron chi connectivity index (χ4n) is 4.71. The first-order valence-corrected chi connectivity index (χ1v) is 12.8. The molecule has 34 heavy (non-hydrogen) atoms. The highest BCUT2D eigenvalue weighted by molar-refractivity contribution is 7.88. The summed E-state index contributed by atoms with van der Waals surface area (Å²) in [6, 6.07) is 4.75. The molecule has 1 saturated heterocycles. The van der Waals surface area contributed by atoms with Gasteiger partial charge in [0.15, 0.2) is 11.6 Å². The van der Waals surface area contributed by atoms with Gasteiger partial charge in [-0.3, -0.25) is 0 Å². The van der Waals surface area contributed by atoms with Gasteiger partial charge in [-0.1, -0.05) is 0 Å². The van der Waals surface area contributed by atoms with E-state index >= 15 is 0 Å². The molecule has 1 fully saturated rings. The van der Waals surface area contributed by atoms with Gasteiger partial charge in [0.05, 0.1) is 24.3 Å². The van der Waals surface area contributed by atoms with E-state index in [4.69, 9.17) is 9.97 Å². The summed E-state index contributed by atoms with van der Waals surface area (Å²) in [6.45, 7) is 6.70. The van der Waals surface area contributed by atoms with Crippen molar-refractivity contribution < 1.29 is 8.94 Å². The first-order valence-electron chi connectivity index (χ1n) is 11.3. The molecule has 3 aromatic heterocycles. The van der Waals surface area contributed by atoms with Crippen LogP contribution in [0, 0.1) is 5.82 Å². The van der Waals surface area contributed by atoms with Crippen LogP contribution < -0.4 is 9.80 Å². The zero-order valence-corrected chi connectivity index (χ0v) is 20.2. The van der Waals surface area contributed by atoms with Crippen molar-refractivity contribution in [3.05, 3.63) is 53.9 Å². The maximum Gasteiger partial charge on any atom is 0.197 e. The van der Waals surface area contributed by atoms with Crippen LogP contribution in [0.3, 0.4) is 0 Å². The number of pyridine rings is 1. The van der Waals surface area contributed by atoms with Crippen molar-refractivity contribution in [2.45, 2.75) is 32.4 Å². The Morgan fingerprint density at radius 2 is 1.76 bits per heavy atom. The Labute approximate surface area is 201 Å². The highest BCUT2D eigenvalue weighted by Crippen LogP contribution is 2.33. The minimum atomic E-state index is -1.02. The van der Waals surface area contributed by atoms with E-state index < -0.39 is 11.4 Å². The van der Waals surface area contributed by atoms with Crippen LogP contribution in [0.1, 0.15) is 31.1 Å². The summed E-state index contributed by atoms with van der Waals surface area (Å²) in [5.74, 6) is 1.89. The van der Waals surface area contributed by atoms with Crippen LogP contribution in [0.25, 0.3) is 11.6 Å². The predicted molar refractivity (Wildman–Crippen MR) is 129 cm³/mol. The van der Waals surface area contributed by atoms with Gasteiger partial charge in [0.25, 0.3) is 0 Å². The molecule has 3 unspecified atom stereocenters. The average molecular weight is 483 g/mol. The Balaban J connectivity index is 1.39. The number of piperazine rings is 1. The number of fused-ring (bicyclic) bond motifs is 1. The number of anilines is 2. The normalized spacial score (nSPS) is 21.9. The zero-order chi connectivity index (χ0) is 23.8. The van der Waals surface area contributed by atoms with Crippen LogP contribution in [0.4, 0.5) is 16.0 Å². The van der Waals surface area contributed by atoms with Crippen LogP contribution in [0.2, 0.25) is 0 Å². The molecule has 178 valence electrons. The second-order valence-corrected chi connectivity index (χ2v) is 9.97. The van der Waals surface area contributed by atoms with E-state index in [1.807, 2.05) is 17.4 Å². The molecule has 0 spiro atoms. The van der Waals surface area contributed by atoms with Crippen molar-refractivity contribution in [1.82, 2.24) is 29.2 Å². The van der Waals surface area contributed by atoms with Gasteiger partial charge in [-0.2, -0.15) is 0 Å². The number of hydrogen-bond acceptors (Lipinski definition) is 9. The van der Waals surface area contributed by atoms with Gasteiger partial charge < -0.3 is 14.4 Å². The Kier molecular flexibility index (Phi) is 6.32. The first-order chi connectivity index (χ1) is 16.4. The minimum absolute atomic E-state index is 0.0603. The summed E-state index contributed by atoms with van der Waals surface area (Å²) in [4.78, 5) is 26.7.